The predicted octanol–water partition coefficient (Wildman–Crippen LogP) is 5.28. The lowest BCUT2D eigenvalue weighted by Gasteiger charge is -2.19. The maximum absolute atomic E-state index is 11.6. The Morgan fingerprint density at radius 2 is 2.00 bits per heavy atom. The minimum Gasteiger partial charge on any atom is -0.428 e. The molecule has 0 amide bonds. The quantitative estimate of drug-likeness (QED) is 0.559. The largest absolute Gasteiger partial charge is 0.514 e. The van der Waals surface area contributed by atoms with Crippen molar-refractivity contribution in [1.29, 1.82) is 0 Å². The maximum atomic E-state index is 11.6. The minimum absolute atomic E-state index is 0.473. The summed E-state index contributed by atoms with van der Waals surface area (Å²) >= 11 is 3.42. The van der Waals surface area contributed by atoms with Crippen LogP contribution in [0.3, 0.4) is 0 Å². The summed E-state index contributed by atoms with van der Waals surface area (Å²) in [6.45, 7) is 9.71. The third kappa shape index (κ3) is 5.23. The summed E-state index contributed by atoms with van der Waals surface area (Å²) in [5, 5.41) is 0. The van der Waals surface area contributed by atoms with Gasteiger partial charge in [-0.25, -0.2) is 4.79 Å². The Labute approximate surface area is 123 Å². The second-order valence-corrected chi connectivity index (χ2v) is 6.42. The van der Waals surface area contributed by atoms with Gasteiger partial charge in [-0.2, -0.15) is 0 Å². The van der Waals surface area contributed by atoms with Gasteiger partial charge in [0.15, 0.2) is 0 Å². The van der Waals surface area contributed by atoms with Crippen LogP contribution in [0, 0.1) is 0 Å². The summed E-state index contributed by atoms with van der Waals surface area (Å²) in [6, 6.07) is 5.74. The van der Waals surface area contributed by atoms with E-state index >= 15 is 0 Å². The molecule has 0 aliphatic heterocycles. The van der Waals surface area contributed by atoms with E-state index < -0.39 is 11.8 Å². The van der Waals surface area contributed by atoms with Gasteiger partial charge in [-0.1, -0.05) is 19.9 Å². The Morgan fingerprint density at radius 1 is 1.37 bits per heavy atom. The predicted molar refractivity (Wildman–Crippen MR) is 79.7 cm³/mol. The Bertz CT molecular complexity index is 449. The lowest BCUT2D eigenvalue weighted by Crippen LogP contribution is -2.26. The number of carbonyl (C=O) groups is 1. The van der Waals surface area contributed by atoms with Crippen LogP contribution in [-0.4, -0.2) is 11.8 Å². The van der Waals surface area contributed by atoms with Crippen molar-refractivity contribution >= 4 is 22.1 Å². The molecular formula is C15H21BrO3. The summed E-state index contributed by atoms with van der Waals surface area (Å²) in [5.74, 6) is 0.952. The van der Waals surface area contributed by atoms with Gasteiger partial charge in [0, 0.05) is 0 Å². The van der Waals surface area contributed by atoms with Crippen LogP contribution in [0.4, 0.5) is 4.79 Å². The molecule has 0 bridgehead atoms. The van der Waals surface area contributed by atoms with Gasteiger partial charge in [-0.05, 0) is 66.7 Å². The SMILES string of the molecule is CCC(C)c1ccc(OC(=O)OC(C)(C)C)c(Br)c1. The van der Waals surface area contributed by atoms with Gasteiger partial charge in [0.1, 0.15) is 11.4 Å². The van der Waals surface area contributed by atoms with E-state index in [0.29, 0.717) is 11.7 Å². The molecule has 1 atom stereocenters. The molecule has 0 saturated carbocycles. The number of benzene rings is 1. The van der Waals surface area contributed by atoms with Crippen molar-refractivity contribution in [3.05, 3.63) is 28.2 Å². The minimum atomic E-state index is -0.690. The summed E-state index contributed by atoms with van der Waals surface area (Å²) in [4.78, 5) is 11.6. The van der Waals surface area contributed by atoms with Gasteiger partial charge in [0.2, 0.25) is 0 Å². The molecule has 0 spiro atoms. The van der Waals surface area contributed by atoms with Gasteiger partial charge in [0.25, 0.3) is 0 Å². The molecule has 1 rings (SSSR count). The van der Waals surface area contributed by atoms with Gasteiger partial charge >= 0.3 is 6.16 Å². The number of hydrogen-bond donors (Lipinski definition) is 0. The molecule has 0 fully saturated rings. The van der Waals surface area contributed by atoms with Gasteiger partial charge in [-0.15, -0.1) is 0 Å². The first-order valence-electron chi connectivity index (χ1n) is 6.43. The first-order chi connectivity index (χ1) is 8.73. The van der Waals surface area contributed by atoms with Crippen molar-refractivity contribution in [3.8, 4) is 5.75 Å². The highest BCUT2D eigenvalue weighted by Gasteiger charge is 2.19. The maximum Gasteiger partial charge on any atom is 0.514 e. The normalized spacial score (nSPS) is 12.9. The standard InChI is InChI=1S/C15H21BrO3/c1-6-10(2)11-7-8-13(12(16)9-11)18-14(17)19-15(3,4)5/h7-10H,6H2,1-5H3. The highest BCUT2D eigenvalue weighted by Crippen LogP contribution is 2.30. The number of halogens is 1. The van der Waals surface area contributed by atoms with E-state index in [2.05, 4.69) is 29.8 Å². The molecule has 0 radical (unpaired) electrons. The van der Waals surface area contributed by atoms with Crippen LogP contribution < -0.4 is 4.74 Å². The number of rotatable bonds is 3. The molecule has 0 aromatic heterocycles. The lowest BCUT2D eigenvalue weighted by molar-refractivity contribution is 0.0205. The zero-order valence-corrected chi connectivity index (χ0v) is 13.7. The molecule has 3 nitrogen and oxygen atoms in total. The fraction of sp³-hybridized carbons (Fsp3) is 0.533. The molecular weight excluding hydrogens is 308 g/mol. The molecule has 4 heteroatoms. The van der Waals surface area contributed by atoms with Crippen molar-refractivity contribution in [2.24, 2.45) is 0 Å². The van der Waals surface area contributed by atoms with Crippen LogP contribution in [0.15, 0.2) is 22.7 Å². The van der Waals surface area contributed by atoms with Crippen LogP contribution in [0.2, 0.25) is 0 Å². The molecule has 0 N–H and O–H groups in total. The zero-order valence-electron chi connectivity index (χ0n) is 12.1. The van der Waals surface area contributed by atoms with Crippen LogP contribution in [0.25, 0.3) is 0 Å². The smallest absolute Gasteiger partial charge is 0.428 e. The van der Waals surface area contributed by atoms with E-state index in [0.717, 1.165) is 10.9 Å². The van der Waals surface area contributed by atoms with E-state index in [1.54, 1.807) is 26.8 Å². The van der Waals surface area contributed by atoms with Crippen LogP contribution in [0.1, 0.15) is 52.5 Å². The van der Waals surface area contributed by atoms with E-state index in [4.69, 9.17) is 9.47 Å². The molecule has 106 valence electrons. The molecule has 0 aliphatic rings. The van der Waals surface area contributed by atoms with Gasteiger partial charge in [-0.3, -0.25) is 0 Å². The third-order valence-corrected chi connectivity index (χ3v) is 3.34. The Balaban J connectivity index is 2.78. The average Bonchev–Trinajstić information content (AvgIpc) is 2.28. The monoisotopic (exact) mass is 328 g/mol. The summed E-state index contributed by atoms with van der Waals surface area (Å²) in [5.41, 5.74) is 0.658. The van der Waals surface area contributed by atoms with Crippen LogP contribution >= 0.6 is 15.9 Å². The van der Waals surface area contributed by atoms with Crippen LogP contribution in [0.5, 0.6) is 5.75 Å². The number of hydrogen-bond acceptors (Lipinski definition) is 3. The third-order valence-electron chi connectivity index (χ3n) is 2.72. The molecule has 19 heavy (non-hydrogen) atoms. The summed E-state index contributed by atoms with van der Waals surface area (Å²) < 4.78 is 11.1. The molecule has 0 heterocycles. The van der Waals surface area contributed by atoms with Crippen LogP contribution in [-0.2, 0) is 4.74 Å². The molecule has 1 aromatic rings. The Morgan fingerprint density at radius 3 is 2.47 bits per heavy atom. The topological polar surface area (TPSA) is 35.5 Å². The fourth-order valence-corrected chi connectivity index (χ4v) is 1.98. The second kappa shape index (κ2) is 6.42. The second-order valence-electron chi connectivity index (χ2n) is 5.57. The highest BCUT2D eigenvalue weighted by atomic mass is 79.9. The fourth-order valence-electron chi connectivity index (χ4n) is 1.50. The van der Waals surface area contributed by atoms with E-state index in [-0.39, 0.29) is 0 Å². The molecule has 1 unspecified atom stereocenters. The van der Waals surface area contributed by atoms with E-state index in [1.807, 2.05) is 12.1 Å². The first kappa shape index (κ1) is 16.0. The average molecular weight is 329 g/mol. The van der Waals surface area contributed by atoms with Crippen molar-refractivity contribution in [1.82, 2.24) is 0 Å². The Kier molecular flexibility index (Phi) is 5.41. The van der Waals surface area contributed by atoms with Crippen molar-refractivity contribution in [2.45, 2.75) is 52.6 Å². The highest BCUT2D eigenvalue weighted by molar-refractivity contribution is 9.10. The van der Waals surface area contributed by atoms with Crippen molar-refractivity contribution < 1.29 is 14.3 Å². The number of ether oxygens (including phenoxy) is 2. The van der Waals surface area contributed by atoms with E-state index in [1.165, 1.54) is 5.56 Å². The first-order valence-corrected chi connectivity index (χ1v) is 7.22. The summed E-state index contributed by atoms with van der Waals surface area (Å²) in [7, 11) is 0. The van der Waals surface area contributed by atoms with Crippen molar-refractivity contribution in [3.63, 3.8) is 0 Å². The van der Waals surface area contributed by atoms with Crippen molar-refractivity contribution in [2.75, 3.05) is 0 Å². The lowest BCUT2D eigenvalue weighted by atomic mass is 9.99. The molecule has 1 aromatic carbocycles. The Hall–Kier alpha value is -1.03. The molecule has 0 saturated heterocycles. The van der Waals surface area contributed by atoms with E-state index in [9.17, 15) is 4.79 Å². The number of carbonyl (C=O) groups excluding carboxylic acids is 1. The summed E-state index contributed by atoms with van der Waals surface area (Å²) in [6.07, 6.45) is 0.378. The van der Waals surface area contributed by atoms with Gasteiger partial charge < -0.3 is 9.47 Å². The zero-order chi connectivity index (χ0) is 14.6. The van der Waals surface area contributed by atoms with Gasteiger partial charge in [0.05, 0.1) is 4.47 Å². The molecule has 0 aliphatic carbocycles.